The van der Waals surface area contributed by atoms with Crippen molar-refractivity contribution in [2.45, 2.75) is 13.1 Å². The summed E-state index contributed by atoms with van der Waals surface area (Å²) in [4.78, 5) is 14.6. The fraction of sp³-hybridized carbons (Fsp3) is 0.176. The molecule has 0 unspecified atom stereocenters. The molecule has 0 spiro atoms. The second-order valence-corrected chi connectivity index (χ2v) is 7.26. The average Bonchev–Trinajstić information content (AvgIpc) is 3.40. The molecule has 0 bridgehead atoms. The van der Waals surface area contributed by atoms with Crippen molar-refractivity contribution in [2.24, 2.45) is 0 Å². The molecule has 0 radical (unpaired) electrons. The van der Waals surface area contributed by atoms with E-state index in [2.05, 4.69) is 32.1 Å². The third kappa shape index (κ3) is 2.99. The molecule has 0 saturated carbocycles. The molecule has 0 aliphatic carbocycles. The van der Waals surface area contributed by atoms with Gasteiger partial charge >= 0.3 is 0 Å². The largest absolute Gasteiger partial charge is 0.394 e. The first kappa shape index (κ1) is 16.1. The highest BCUT2D eigenvalue weighted by Gasteiger charge is 2.23. The van der Waals surface area contributed by atoms with Crippen molar-refractivity contribution in [3.8, 4) is 11.3 Å². The molecule has 136 valence electrons. The molecule has 5 rings (SSSR count). The van der Waals surface area contributed by atoms with Gasteiger partial charge in [-0.15, -0.1) is 16.9 Å². The molecule has 1 aliphatic heterocycles. The molecular formula is C17H16N8OS. The van der Waals surface area contributed by atoms with E-state index < -0.39 is 0 Å². The number of nitrogens with one attached hydrogen (secondary N) is 2. The number of fused-ring (bicyclic) bond motifs is 2. The number of thiophene rings is 1. The molecule has 0 amide bonds. The topological polar surface area (TPSA) is 104 Å². The predicted molar refractivity (Wildman–Crippen MR) is 103 cm³/mol. The van der Waals surface area contributed by atoms with Crippen LogP contribution in [-0.2, 0) is 13.1 Å². The Balaban J connectivity index is 1.43. The predicted octanol–water partition coefficient (Wildman–Crippen LogP) is 1.79. The summed E-state index contributed by atoms with van der Waals surface area (Å²) in [5.41, 5.74) is 7.75. The number of hydrogen-bond donors (Lipinski definition) is 3. The van der Waals surface area contributed by atoms with Crippen LogP contribution in [0.3, 0.4) is 0 Å². The zero-order valence-electron chi connectivity index (χ0n) is 14.2. The molecule has 27 heavy (non-hydrogen) atoms. The Kier molecular flexibility index (Phi) is 3.93. The molecule has 4 aromatic heterocycles. The lowest BCUT2D eigenvalue weighted by Gasteiger charge is -2.15. The van der Waals surface area contributed by atoms with Crippen molar-refractivity contribution in [3.05, 3.63) is 48.0 Å². The van der Waals surface area contributed by atoms with E-state index in [0.717, 1.165) is 22.5 Å². The van der Waals surface area contributed by atoms with E-state index in [1.807, 2.05) is 29.7 Å². The van der Waals surface area contributed by atoms with Crippen LogP contribution in [0.2, 0.25) is 0 Å². The van der Waals surface area contributed by atoms with Gasteiger partial charge in [-0.25, -0.2) is 9.97 Å². The third-order valence-electron chi connectivity index (χ3n) is 4.26. The van der Waals surface area contributed by atoms with E-state index in [-0.39, 0.29) is 6.61 Å². The van der Waals surface area contributed by atoms with Crippen LogP contribution in [0.1, 0.15) is 4.88 Å². The van der Waals surface area contributed by atoms with Crippen molar-refractivity contribution >= 4 is 33.1 Å². The van der Waals surface area contributed by atoms with Gasteiger partial charge in [0.2, 0.25) is 0 Å². The average molecular weight is 380 g/mol. The van der Waals surface area contributed by atoms with Gasteiger partial charge in [-0.2, -0.15) is 5.10 Å². The number of hydrogen-bond acceptors (Lipinski definition) is 9. The zero-order valence-corrected chi connectivity index (χ0v) is 15.0. The smallest absolute Gasteiger partial charge is 0.190 e. The van der Waals surface area contributed by atoms with E-state index in [1.165, 1.54) is 9.58 Å². The summed E-state index contributed by atoms with van der Waals surface area (Å²) in [5, 5.41) is 16.3. The third-order valence-corrected chi connectivity index (χ3v) is 5.36. The minimum atomic E-state index is 0.0449. The summed E-state index contributed by atoms with van der Waals surface area (Å²) in [7, 11) is 0. The summed E-state index contributed by atoms with van der Waals surface area (Å²) < 4.78 is 2.90. The monoisotopic (exact) mass is 380 g/mol. The molecule has 9 nitrogen and oxygen atoms in total. The number of pyridine rings is 1. The van der Waals surface area contributed by atoms with Gasteiger partial charge in [0.15, 0.2) is 11.6 Å². The van der Waals surface area contributed by atoms with Crippen LogP contribution < -0.4 is 16.0 Å². The van der Waals surface area contributed by atoms with Gasteiger partial charge in [-0.3, -0.25) is 20.1 Å². The Hall–Kier alpha value is -3.08. The Morgan fingerprint density at radius 1 is 1.22 bits per heavy atom. The van der Waals surface area contributed by atoms with Crippen molar-refractivity contribution in [2.75, 3.05) is 17.0 Å². The van der Waals surface area contributed by atoms with E-state index >= 15 is 0 Å². The number of aliphatic hydroxyl groups excluding tert-OH is 1. The van der Waals surface area contributed by atoms with Gasteiger partial charge in [-0.1, -0.05) is 0 Å². The van der Waals surface area contributed by atoms with Crippen LogP contribution in [0.4, 0.5) is 11.6 Å². The molecule has 0 saturated heterocycles. The quantitative estimate of drug-likeness (QED) is 0.481. The molecule has 0 aromatic carbocycles. The van der Waals surface area contributed by atoms with E-state index in [1.54, 1.807) is 28.4 Å². The number of hydrazine groups is 2. The molecule has 4 aromatic rings. The first-order valence-corrected chi connectivity index (χ1v) is 9.24. The number of rotatable bonds is 5. The maximum absolute atomic E-state index is 9.04. The summed E-state index contributed by atoms with van der Waals surface area (Å²) in [6.07, 6.45) is 8.97. The van der Waals surface area contributed by atoms with Gasteiger partial charge in [0, 0.05) is 39.1 Å². The first-order chi connectivity index (χ1) is 13.3. The molecular weight excluding hydrogens is 364 g/mol. The number of aromatic nitrogens is 5. The molecule has 0 atom stereocenters. The standard InChI is InChI=1S/C17H16N8OS/c26-4-3-24-9-12(7-20-24)14-8-19-16-17(21-14)25(23-22-16)10-13-5-11-6-18-2-1-15(11)27-13/h1-2,5-9,23,26H,3-4,10H2,(H,19,22). The highest BCUT2D eigenvalue weighted by atomic mass is 32.1. The lowest BCUT2D eigenvalue weighted by molar-refractivity contribution is 0.269. The maximum atomic E-state index is 9.04. The molecule has 0 fully saturated rings. The number of aliphatic hydroxyl groups is 1. The van der Waals surface area contributed by atoms with Crippen LogP contribution >= 0.6 is 11.3 Å². The van der Waals surface area contributed by atoms with Crippen LogP contribution in [0, 0.1) is 0 Å². The molecule has 5 heterocycles. The summed E-state index contributed by atoms with van der Waals surface area (Å²) in [6.45, 7) is 1.15. The summed E-state index contributed by atoms with van der Waals surface area (Å²) >= 11 is 1.73. The van der Waals surface area contributed by atoms with Gasteiger partial charge < -0.3 is 5.11 Å². The second-order valence-electron chi connectivity index (χ2n) is 6.09. The van der Waals surface area contributed by atoms with E-state index in [9.17, 15) is 0 Å². The summed E-state index contributed by atoms with van der Waals surface area (Å²) in [6, 6.07) is 4.16. The minimum absolute atomic E-state index is 0.0449. The highest BCUT2D eigenvalue weighted by Crippen LogP contribution is 2.31. The number of anilines is 2. The van der Waals surface area contributed by atoms with Gasteiger partial charge in [0.1, 0.15) is 0 Å². The SMILES string of the molecule is OCCn1cc(-c2cnc3c(n2)N(Cc2cc4cnccc4s2)NN3)cn1. The first-order valence-electron chi connectivity index (χ1n) is 8.42. The Labute approximate surface area is 158 Å². The fourth-order valence-electron chi connectivity index (χ4n) is 2.98. The fourth-order valence-corrected chi connectivity index (χ4v) is 4.00. The lowest BCUT2D eigenvalue weighted by atomic mass is 10.2. The van der Waals surface area contributed by atoms with Gasteiger partial charge in [0.05, 0.1) is 37.8 Å². The Morgan fingerprint density at radius 3 is 3.07 bits per heavy atom. The maximum Gasteiger partial charge on any atom is 0.190 e. The van der Waals surface area contributed by atoms with E-state index in [0.29, 0.717) is 18.9 Å². The molecule has 1 aliphatic rings. The summed E-state index contributed by atoms with van der Waals surface area (Å²) in [5.74, 6) is 1.42. The Bertz CT molecular complexity index is 1070. The van der Waals surface area contributed by atoms with Crippen LogP contribution in [-0.4, -0.2) is 36.4 Å². The molecule has 10 heteroatoms. The van der Waals surface area contributed by atoms with Gasteiger partial charge in [0.25, 0.3) is 0 Å². The van der Waals surface area contributed by atoms with Crippen LogP contribution in [0.15, 0.2) is 43.1 Å². The Morgan fingerprint density at radius 2 is 2.19 bits per heavy atom. The van der Waals surface area contributed by atoms with Crippen molar-refractivity contribution in [1.29, 1.82) is 0 Å². The lowest BCUT2D eigenvalue weighted by Crippen LogP contribution is -2.35. The zero-order chi connectivity index (χ0) is 18.2. The van der Waals surface area contributed by atoms with Crippen molar-refractivity contribution in [3.63, 3.8) is 0 Å². The van der Waals surface area contributed by atoms with E-state index in [4.69, 9.17) is 10.1 Å². The second kappa shape index (κ2) is 6.58. The normalized spacial score (nSPS) is 13.1. The van der Waals surface area contributed by atoms with Crippen molar-refractivity contribution < 1.29 is 5.11 Å². The minimum Gasteiger partial charge on any atom is -0.394 e. The van der Waals surface area contributed by atoms with Crippen molar-refractivity contribution in [1.82, 2.24) is 30.3 Å². The van der Waals surface area contributed by atoms with Crippen LogP contribution in [0.25, 0.3) is 21.3 Å². The van der Waals surface area contributed by atoms with Crippen LogP contribution in [0.5, 0.6) is 0 Å². The molecule has 3 N–H and O–H groups in total. The van der Waals surface area contributed by atoms with Gasteiger partial charge in [-0.05, 0) is 12.1 Å². The highest BCUT2D eigenvalue weighted by molar-refractivity contribution is 7.19. The number of nitrogens with zero attached hydrogens (tertiary/aromatic N) is 6.